The largest absolute Gasteiger partial charge is 0.359 e. The smallest absolute Gasteiger partial charge is 0.142 e. The summed E-state index contributed by atoms with van der Waals surface area (Å²) in [6.45, 7) is 3.89. The first-order valence-corrected chi connectivity index (χ1v) is 6.48. The van der Waals surface area contributed by atoms with Crippen LogP contribution >= 0.6 is 15.9 Å². The highest BCUT2D eigenvalue weighted by molar-refractivity contribution is 9.10. The van der Waals surface area contributed by atoms with Gasteiger partial charge in [0.15, 0.2) is 0 Å². The Balaban J connectivity index is 2.52. The molecule has 90 valence electrons. The van der Waals surface area contributed by atoms with Crippen molar-refractivity contribution in [3.8, 4) is 0 Å². The zero-order valence-corrected chi connectivity index (χ0v) is 11.6. The van der Waals surface area contributed by atoms with Crippen LogP contribution in [0.5, 0.6) is 0 Å². The standard InChI is InChI=1S/C12H20BrN3/c1-10-6-8-15-12(11(10)13)16(2)9-5-3-4-7-14/h6,8H,3-5,7,9,14H2,1-2H3. The minimum absolute atomic E-state index is 0.788. The molecule has 0 radical (unpaired) electrons. The number of anilines is 1. The summed E-state index contributed by atoms with van der Waals surface area (Å²) < 4.78 is 1.09. The van der Waals surface area contributed by atoms with Crippen LogP contribution < -0.4 is 10.6 Å². The summed E-state index contributed by atoms with van der Waals surface area (Å²) in [5.41, 5.74) is 6.69. The molecule has 0 amide bonds. The van der Waals surface area contributed by atoms with Gasteiger partial charge in [-0.1, -0.05) is 6.42 Å². The van der Waals surface area contributed by atoms with E-state index in [4.69, 9.17) is 5.73 Å². The van der Waals surface area contributed by atoms with Crippen LogP contribution in [0, 0.1) is 6.92 Å². The highest BCUT2D eigenvalue weighted by Crippen LogP contribution is 2.26. The molecule has 1 aromatic rings. The predicted octanol–water partition coefficient (Wildman–Crippen LogP) is 2.72. The van der Waals surface area contributed by atoms with Crippen molar-refractivity contribution >= 4 is 21.7 Å². The van der Waals surface area contributed by atoms with Crippen molar-refractivity contribution in [1.82, 2.24) is 4.98 Å². The van der Waals surface area contributed by atoms with Crippen molar-refractivity contribution in [2.75, 3.05) is 25.0 Å². The Morgan fingerprint density at radius 1 is 1.38 bits per heavy atom. The Morgan fingerprint density at radius 2 is 2.12 bits per heavy atom. The SMILES string of the molecule is Cc1ccnc(N(C)CCCCCN)c1Br. The fourth-order valence-electron chi connectivity index (χ4n) is 1.57. The second-order valence-corrected chi connectivity index (χ2v) is 4.83. The van der Waals surface area contributed by atoms with Gasteiger partial charge in [-0.2, -0.15) is 0 Å². The van der Waals surface area contributed by atoms with Gasteiger partial charge in [0.05, 0.1) is 4.47 Å². The molecule has 0 spiro atoms. The second-order valence-electron chi connectivity index (χ2n) is 4.04. The average molecular weight is 286 g/mol. The van der Waals surface area contributed by atoms with Crippen LogP contribution in [0.2, 0.25) is 0 Å². The molecule has 1 aromatic heterocycles. The van der Waals surface area contributed by atoms with E-state index in [1.807, 2.05) is 12.3 Å². The normalized spacial score (nSPS) is 10.5. The van der Waals surface area contributed by atoms with Crippen molar-refractivity contribution in [3.63, 3.8) is 0 Å². The summed E-state index contributed by atoms with van der Waals surface area (Å²) >= 11 is 3.58. The fourth-order valence-corrected chi connectivity index (χ4v) is 2.11. The van der Waals surface area contributed by atoms with Crippen LogP contribution in [0.1, 0.15) is 24.8 Å². The third-order valence-corrected chi connectivity index (χ3v) is 3.60. The van der Waals surface area contributed by atoms with Crippen LogP contribution in [0.3, 0.4) is 0 Å². The minimum Gasteiger partial charge on any atom is -0.359 e. The summed E-state index contributed by atoms with van der Waals surface area (Å²) in [5.74, 6) is 1.02. The summed E-state index contributed by atoms with van der Waals surface area (Å²) in [5, 5.41) is 0. The first-order valence-electron chi connectivity index (χ1n) is 5.69. The number of aryl methyl sites for hydroxylation is 1. The summed E-state index contributed by atoms with van der Waals surface area (Å²) in [4.78, 5) is 6.58. The summed E-state index contributed by atoms with van der Waals surface area (Å²) in [6, 6.07) is 2.01. The minimum atomic E-state index is 0.788. The van der Waals surface area contributed by atoms with E-state index in [-0.39, 0.29) is 0 Å². The van der Waals surface area contributed by atoms with Crippen LogP contribution in [0.4, 0.5) is 5.82 Å². The zero-order chi connectivity index (χ0) is 12.0. The van der Waals surface area contributed by atoms with E-state index >= 15 is 0 Å². The van der Waals surface area contributed by atoms with Gasteiger partial charge >= 0.3 is 0 Å². The molecule has 0 bridgehead atoms. The molecule has 0 aliphatic rings. The van der Waals surface area contributed by atoms with Crippen molar-refractivity contribution in [2.45, 2.75) is 26.2 Å². The van der Waals surface area contributed by atoms with Crippen molar-refractivity contribution in [1.29, 1.82) is 0 Å². The molecule has 2 N–H and O–H groups in total. The monoisotopic (exact) mass is 285 g/mol. The third-order valence-electron chi connectivity index (χ3n) is 2.62. The molecule has 1 heterocycles. The molecule has 0 unspecified atom stereocenters. The van der Waals surface area contributed by atoms with Crippen LogP contribution in [0.15, 0.2) is 16.7 Å². The van der Waals surface area contributed by atoms with Gasteiger partial charge in [0.25, 0.3) is 0 Å². The van der Waals surface area contributed by atoms with Gasteiger partial charge < -0.3 is 10.6 Å². The van der Waals surface area contributed by atoms with Crippen molar-refractivity contribution < 1.29 is 0 Å². The number of unbranched alkanes of at least 4 members (excludes halogenated alkanes) is 2. The van der Waals surface area contributed by atoms with Gasteiger partial charge in [-0.15, -0.1) is 0 Å². The number of rotatable bonds is 6. The highest BCUT2D eigenvalue weighted by atomic mass is 79.9. The second kappa shape index (κ2) is 6.86. The molecule has 0 aliphatic carbocycles. The van der Waals surface area contributed by atoms with Crippen LogP contribution in [-0.2, 0) is 0 Å². The molecule has 0 aliphatic heterocycles. The molecule has 4 heteroatoms. The zero-order valence-electron chi connectivity index (χ0n) is 10.0. The topological polar surface area (TPSA) is 42.2 Å². The molecule has 0 saturated carbocycles. The van der Waals surface area contributed by atoms with Crippen molar-refractivity contribution in [3.05, 3.63) is 22.3 Å². The highest BCUT2D eigenvalue weighted by Gasteiger charge is 2.08. The Hall–Kier alpha value is -0.610. The molecule has 0 saturated heterocycles. The number of hydrogen-bond donors (Lipinski definition) is 1. The Labute approximate surface area is 106 Å². The number of pyridine rings is 1. The average Bonchev–Trinajstić information content (AvgIpc) is 2.28. The molecule has 16 heavy (non-hydrogen) atoms. The van der Waals surface area contributed by atoms with Crippen LogP contribution in [-0.4, -0.2) is 25.1 Å². The lowest BCUT2D eigenvalue weighted by atomic mass is 10.2. The number of hydrogen-bond acceptors (Lipinski definition) is 3. The summed E-state index contributed by atoms with van der Waals surface area (Å²) in [6.07, 6.45) is 5.31. The number of halogens is 1. The molecular formula is C12H20BrN3. The van der Waals surface area contributed by atoms with Crippen LogP contribution in [0.25, 0.3) is 0 Å². The third kappa shape index (κ3) is 3.76. The van der Waals surface area contributed by atoms with E-state index in [9.17, 15) is 0 Å². The Morgan fingerprint density at radius 3 is 2.81 bits per heavy atom. The molecule has 0 atom stereocenters. The Bertz CT molecular complexity index is 328. The van der Waals surface area contributed by atoms with Gasteiger partial charge in [0.2, 0.25) is 0 Å². The first kappa shape index (κ1) is 13.5. The predicted molar refractivity (Wildman–Crippen MR) is 72.8 cm³/mol. The van der Waals surface area contributed by atoms with E-state index in [1.54, 1.807) is 0 Å². The maximum atomic E-state index is 5.47. The maximum absolute atomic E-state index is 5.47. The lowest BCUT2D eigenvalue weighted by Crippen LogP contribution is -2.20. The lowest BCUT2D eigenvalue weighted by Gasteiger charge is -2.20. The van der Waals surface area contributed by atoms with Gasteiger partial charge in [0, 0.05) is 19.8 Å². The van der Waals surface area contributed by atoms with E-state index in [0.717, 1.165) is 36.2 Å². The summed E-state index contributed by atoms with van der Waals surface area (Å²) in [7, 11) is 2.08. The number of nitrogens with zero attached hydrogens (tertiary/aromatic N) is 2. The van der Waals surface area contributed by atoms with Gasteiger partial charge in [-0.05, 0) is 53.9 Å². The maximum Gasteiger partial charge on any atom is 0.142 e. The van der Waals surface area contributed by atoms with Gasteiger partial charge in [-0.25, -0.2) is 4.98 Å². The molecular weight excluding hydrogens is 266 g/mol. The van der Waals surface area contributed by atoms with Crippen molar-refractivity contribution in [2.24, 2.45) is 5.73 Å². The first-order chi connectivity index (χ1) is 7.66. The van der Waals surface area contributed by atoms with E-state index < -0.39 is 0 Å². The Kier molecular flexibility index (Phi) is 5.77. The number of nitrogens with two attached hydrogens (primary N) is 1. The van der Waals surface area contributed by atoms with E-state index in [2.05, 4.69) is 39.8 Å². The molecule has 1 rings (SSSR count). The van der Waals surface area contributed by atoms with E-state index in [0.29, 0.717) is 0 Å². The number of aromatic nitrogens is 1. The molecule has 0 fully saturated rings. The van der Waals surface area contributed by atoms with E-state index in [1.165, 1.54) is 12.0 Å². The fraction of sp³-hybridized carbons (Fsp3) is 0.583. The molecule has 0 aromatic carbocycles. The molecule has 3 nitrogen and oxygen atoms in total. The lowest BCUT2D eigenvalue weighted by molar-refractivity contribution is 0.675. The van der Waals surface area contributed by atoms with Gasteiger partial charge in [-0.3, -0.25) is 0 Å². The van der Waals surface area contributed by atoms with Gasteiger partial charge in [0.1, 0.15) is 5.82 Å². The quantitative estimate of drug-likeness (QED) is 0.818.